The maximum atomic E-state index is 12.1. The molecule has 118 valence electrons. The zero-order chi connectivity index (χ0) is 16.2. The smallest absolute Gasteiger partial charge is 0.351 e. The molecule has 3 unspecified atom stereocenters. The van der Waals surface area contributed by atoms with Crippen LogP contribution in [0.15, 0.2) is 17.1 Å². The van der Waals surface area contributed by atoms with Gasteiger partial charge in [-0.1, -0.05) is 0 Å². The second-order valence-electron chi connectivity index (χ2n) is 5.35. The number of aromatic nitrogens is 2. The monoisotopic (exact) mass is 300 g/mol. The van der Waals surface area contributed by atoms with Crippen molar-refractivity contribution in [1.82, 2.24) is 9.55 Å². The Labute approximate surface area is 124 Å². The van der Waals surface area contributed by atoms with Crippen LogP contribution in [-0.2, 0) is 4.74 Å². The second-order valence-corrected chi connectivity index (χ2v) is 5.35. The summed E-state index contributed by atoms with van der Waals surface area (Å²) in [4.78, 5) is 16.0. The lowest BCUT2D eigenvalue weighted by Crippen LogP contribution is -2.39. The van der Waals surface area contributed by atoms with E-state index >= 15 is 0 Å². The van der Waals surface area contributed by atoms with E-state index in [1.54, 1.807) is 19.2 Å². The van der Waals surface area contributed by atoms with Gasteiger partial charge in [0.15, 0.2) is 0 Å². The van der Waals surface area contributed by atoms with Crippen LogP contribution in [0.2, 0.25) is 0 Å². The average Bonchev–Trinajstić information content (AvgIpc) is 2.75. The molecule has 1 aliphatic heterocycles. The number of anilines is 1. The number of rotatable bonds is 7. The Bertz CT molecular complexity index is 555. The van der Waals surface area contributed by atoms with Crippen LogP contribution in [-0.4, -0.2) is 52.6 Å². The second kappa shape index (κ2) is 6.52. The number of hydrogen-bond donors (Lipinski definition) is 4. The van der Waals surface area contributed by atoms with Crippen molar-refractivity contribution in [2.24, 2.45) is 5.73 Å². The molecule has 0 saturated carbocycles. The van der Waals surface area contributed by atoms with Gasteiger partial charge in [0, 0.05) is 19.2 Å². The summed E-state index contributed by atoms with van der Waals surface area (Å²) in [7, 11) is 0. The maximum Gasteiger partial charge on any atom is 0.351 e. The molecule has 0 bridgehead atoms. The predicted octanol–water partition coefficient (Wildman–Crippen LogP) is -0.965. The first-order valence-electron chi connectivity index (χ1n) is 7.38. The molecule has 1 saturated heterocycles. The molecule has 0 amide bonds. The molecule has 2 rings (SSSR count). The highest BCUT2D eigenvalue weighted by Crippen LogP contribution is 2.35. The molecule has 8 heteroatoms. The summed E-state index contributed by atoms with van der Waals surface area (Å²) >= 11 is 0. The fourth-order valence-electron chi connectivity index (χ4n) is 2.23. The summed E-state index contributed by atoms with van der Waals surface area (Å²) in [6.45, 7) is 2.78. The minimum atomic E-state index is -1.01. The fourth-order valence-corrected chi connectivity index (χ4v) is 2.23. The minimum absolute atomic E-state index is 0.0778. The molecule has 1 aromatic heterocycles. The predicted molar refractivity (Wildman–Crippen MR) is 76.9 cm³/mol. The molecule has 1 aliphatic rings. The average molecular weight is 300 g/mol. The van der Waals surface area contributed by atoms with Crippen molar-refractivity contribution in [2.75, 3.05) is 25.0 Å². The number of nitrogens with zero attached hydrogens (tertiary/aromatic N) is 2. The first kappa shape index (κ1) is 14.5. The van der Waals surface area contributed by atoms with Crippen LogP contribution in [0, 0.1) is 0 Å². The number of ether oxygens (including phenoxy) is 1. The lowest BCUT2D eigenvalue weighted by Gasteiger charge is -2.25. The van der Waals surface area contributed by atoms with Gasteiger partial charge < -0.3 is 26.0 Å². The normalized spacial score (nSPS) is 29.4. The quantitative estimate of drug-likeness (QED) is 0.478. The van der Waals surface area contributed by atoms with Crippen molar-refractivity contribution < 1.29 is 15.0 Å². The van der Waals surface area contributed by atoms with Gasteiger partial charge in [-0.3, -0.25) is 4.57 Å². The van der Waals surface area contributed by atoms with Gasteiger partial charge in [-0.25, -0.2) is 4.79 Å². The van der Waals surface area contributed by atoms with E-state index in [1.165, 1.54) is 4.57 Å². The van der Waals surface area contributed by atoms with E-state index in [0.717, 1.165) is 6.42 Å². The van der Waals surface area contributed by atoms with Crippen LogP contribution < -0.4 is 16.7 Å². The molecule has 2 heterocycles. The first-order valence-corrected chi connectivity index (χ1v) is 6.97. The van der Waals surface area contributed by atoms with Crippen LogP contribution >= 0.6 is 0 Å². The maximum absolute atomic E-state index is 12.1. The molecule has 0 aliphatic carbocycles. The highest BCUT2D eigenvalue weighted by Gasteiger charge is 2.44. The molecule has 1 fully saturated rings. The first-order chi connectivity index (χ1) is 10.5. The van der Waals surface area contributed by atoms with Crippen molar-refractivity contribution in [2.45, 2.75) is 37.7 Å². The zero-order valence-electron chi connectivity index (χ0n) is 13.0. The highest BCUT2D eigenvalue weighted by atomic mass is 16.6. The molecule has 8 nitrogen and oxygen atoms in total. The van der Waals surface area contributed by atoms with E-state index in [-0.39, 0.29) is 13.0 Å². The van der Waals surface area contributed by atoms with Gasteiger partial charge in [-0.2, -0.15) is 4.98 Å². The Hall–Kier alpha value is -1.48. The Morgan fingerprint density at radius 1 is 1.76 bits per heavy atom. The SMILES string of the molecule is [3H]OCC1(C)OC(n2ccc(NCCCN)nc2=O)CC1O. The Morgan fingerprint density at radius 2 is 2.57 bits per heavy atom. The van der Waals surface area contributed by atoms with Crippen molar-refractivity contribution in [3.05, 3.63) is 22.7 Å². The van der Waals surface area contributed by atoms with Gasteiger partial charge in [-0.05, 0) is 26.0 Å². The third-order valence-corrected chi connectivity index (χ3v) is 3.65. The standard InChI is InChI=1S/C13H22N4O4/c1-13(8-18)9(19)7-11(21-13)17-6-3-10(16-12(17)20)15-5-2-4-14/h3,6,9,11,18-19H,2,4-5,7-8,14H2,1H3,(H,15,16,20)/i18T. The summed E-state index contributed by atoms with van der Waals surface area (Å²) in [6.07, 6.45) is 1.14. The van der Waals surface area contributed by atoms with Gasteiger partial charge in [-0.15, -0.1) is 0 Å². The summed E-state index contributed by atoms with van der Waals surface area (Å²) < 4.78 is 13.8. The van der Waals surface area contributed by atoms with Crippen LogP contribution in [0.25, 0.3) is 0 Å². The van der Waals surface area contributed by atoms with Crippen LogP contribution in [0.4, 0.5) is 5.82 Å². The molecule has 21 heavy (non-hydrogen) atoms. The van der Waals surface area contributed by atoms with E-state index in [1.807, 2.05) is 0 Å². The molecular weight excluding hydrogens is 276 g/mol. The van der Waals surface area contributed by atoms with Crippen molar-refractivity contribution in [3.8, 4) is 0 Å². The zero-order valence-corrected chi connectivity index (χ0v) is 12.0. The Morgan fingerprint density at radius 3 is 3.24 bits per heavy atom. The summed E-state index contributed by atoms with van der Waals surface area (Å²) in [5.41, 5.74) is 3.93. The largest absolute Gasteiger partial charge is 0.393 e. The van der Waals surface area contributed by atoms with Crippen LogP contribution in [0.1, 0.15) is 26.0 Å². The van der Waals surface area contributed by atoms with Gasteiger partial charge in [0.2, 0.25) is 1.43 Å². The van der Waals surface area contributed by atoms with Crippen molar-refractivity contribution in [3.63, 3.8) is 0 Å². The third kappa shape index (κ3) is 3.41. The lowest BCUT2D eigenvalue weighted by molar-refractivity contribution is -0.116. The molecule has 0 aromatic carbocycles. The van der Waals surface area contributed by atoms with E-state index in [9.17, 15) is 9.90 Å². The fraction of sp³-hybridized carbons (Fsp3) is 0.692. The van der Waals surface area contributed by atoms with E-state index in [0.29, 0.717) is 18.9 Å². The van der Waals surface area contributed by atoms with Crippen molar-refractivity contribution in [1.29, 1.82) is 1.43 Å². The summed E-state index contributed by atoms with van der Waals surface area (Å²) in [5, 5.41) is 17.4. The topological polar surface area (TPSA) is 123 Å². The van der Waals surface area contributed by atoms with E-state index < -0.39 is 23.6 Å². The number of aliphatic hydroxyl groups is 2. The number of nitrogens with one attached hydrogen (secondary N) is 1. The van der Waals surface area contributed by atoms with E-state index in [4.69, 9.17) is 11.9 Å². The van der Waals surface area contributed by atoms with Crippen molar-refractivity contribution >= 4 is 5.82 Å². The van der Waals surface area contributed by atoms with Gasteiger partial charge in [0.05, 0.1) is 12.7 Å². The molecule has 0 radical (unpaired) electrons. The highest BCUT2D eigenvalue weighted by molar-refractivity contribution is 5.31. The van der Waals surface area contributed by atoms with Crippen LogP contribution in [0.5, 0.6) is 0 Å². The van der Waals surface area contributed by atoms with E-state index in [2.05, 4.69) is 15.4 Å². The van der Waals surface area contributed by atoms with Gasteiger partial charge in [0.1, 0.15) is 17.6 Å². The van der Waals surface area contributed by atoms with Gasteiger partial charge in [0.25, 0.3) is 0 Å². The molecule has 1 aromatic rings. The third-order valence-electron chi connectivity index (χ3n) is 3.65. The summed E-state index contributed by atoms with van der Waals surface area (Å²) in [5.74, 6) is 0.477. The molecule has 5 N–H and O–H groups in total. The minimum Gasteiger partial charge on any atom is -0.393 e. The number of nitrogens with two attached hydrogens (primary N) is 1. The number of aliphatic hydroxyl groups excluding tert-OH is 2. The lowest BCUT2D eigenvalue weighted by atomic mass is 10.0. The van der Waals surface area contributed by atoms with Crippen LogP contribution in [0.3, 0.4) is 0 Å². The Kier molecular flexibility index (Phi) is 4.49. The Balaban J connectivity index is 2.09. The molecule has 0 spiro atoms. The van der Waals surface area contributed by atoms with Gasteiger partial charge >= 0.3 is 5.69 Å². The molecular formula is C13H22N4O4. The molecule has 3 atom stereocenters. The summed E-state index contributed by atoms with van der Waals surface area (Å²) in [6, 6.07) is 1.67. The number of hydrogen-bond acceptors (Lipinski definition) is 7.